The van der Waals surface area contributed by atoms with E-state index in [0.29, 0.717) is 23.8 Å². The molecule has 9 nitrogen and oxygen atoms in total. The molecule has 3 aromatic rings. The SMILES string of the molecule is CCOc1ccc(N(CC(=O)N(Cc2cccc(OC)c2)C(C)C(=O)NC2CCCC2)S(=O)(=O)c2ccc(SC)cc2)cc1. The molecule has 44 heavy (non-hydrogen) atoms. The third-order valence-electron chi connectivity index (χ3n) is 7.72. The van der Waals surface area contributed by atoms with Gasteiger partial charge in [0.25, 0.3) is 10.0 Å². The zero-order chi connectivity index (χ0) is 31.7. The Balaban J connectivity index is 1.70. The average molecular weight is 640 g/mol. The molecule has 11 heteroatoms. The highest BCUT2D eigenvalue weighted by Gasteiger charge is 2.33. The maximum atomic E-state index is 14.2. The number of carbonyl (C=O) groups excluding carboxylic acids is 2. The van der Waals surface area contributed by atoms with Crippen molar-refractivity contribution < 1.29 is 27.5 Å². The number of methoxy groups -OCH3 is 1. The van der Waals surface area contributed by atoms with Crippen LogP contribution in [0.1, 0.15) is 45.1 Å². The molecule has 1 saturated carbocycles. The Kier molecular flexibility index (Phi) is 11.6. The largest absolute Gasteiger partial charge is 0.497 e. The van der Waals surface area contributed by atoms with Gasteiger partial charge in [-0.2, -0.15) is 0 Å². The predicted molar refractivity (Wildman–Crippen MR) is 174 cm³/mol. The van der Waals surface area contributed by atoms with E-state index in [1.54, 1.807) is 74.7 Å². The minimum atomic E-state index is -4.17. The molecular formula is C33H41N3O6S2. The monoisotopic (exact) mass is 639 g/mol. The molecule has 0 aliphatic heterocycles. The second-order valence-corrected chi connectivity index (χ2v) is 13.4. The maximum absolute atomic E-state index is 14.2. The number of carbonyl (C=O) groups is 2. The third-order valence-corrected chi connectivity index (χ3v) is 10.2. The van der Waals surface area contributed by atoms with Crippen LogP contribution in [0.25, 0.3) is 0 Å². The lowest BCUT2D eigenvalue weighted by Gasteiger charge is -2.32. The molecule has 1 N–H and O–H groups in total. The first-order valence-electron chi connectivity index (χ1n) is 14.8. The number of thioether (sulfide) groups is 1. The van der Waals surface area contributed by atoms with Gasteiger partial charge in [-0.1, -0.05) is 25.0 Å². The van der Waals surface area contributed by atoms with Crippen molar-refractivity contribution in [2.24, 2.45) is 0 Å². The number of hydrogen-bond donors (Lipinski definition) is 1. The summed E-state index contributed by atoms with van der Waals surface area (Å²) in [6, 6.07) is 19.6. The van der Waals surface area contributed by atoms with Crippen LogP contribution in [0.15, 0.2) is 82.6 Å². The molecular weight excluding hydrogens is 599 g/mol. The number of nitrogens with zero attached hydrogens (tertiary/aromatic N) is 2. The molecule has 2 amide bonds. The van der Waals surface area contributed by atoms with E-state index in [9.17, 15) is 18.0 Å². The number of nitrogens with one attached hydrogen (secondary N) is 1. The summed E-state index contributed by atoms with van der Waals surface area (Å²) < 4.78 is 40.2. The van der Waals surface area contributed by atoms with Crippen LogP contribution in [-0.4, -0.2) is 63.7 Å². The zero-order valence-electron chi connectivity index (χ0n) is 25.7. The maximum Gasteiger partial charge on any atom is 0.264 e. The van der Waals surface area contributed by atoms with Gasteiger partial charge in [-0.3, -0.25) is 13.9 Å². The van der Waals surface area contributed by atoms with Gasteiger partial charge in [-0.15, -0.1) is 11.8 Å². The second-order valence-electron chi connectivity index (χ2n) is 10.7. The van der Waals surface area contributed by atoms with Gasteiger partial charge >= 0.3 is 0 Å². The molecule has 0 aromatic heterocycles. The van der Waals surface area contributed by atoms with Crippen LogP contribution in [0.5, 0.6) is 11.5 Å². The number of benzene rings is 3. The number of sulfonamides is 1. The van der Waals surface area contributed by atoms with Gasteiger partial charge in [0, 0.05) is 17.5 Å². The highest BCUT2D eigenvalue weighted by molar-refractivity contribution is 7.98. The van der Waals surface area contributed by atoms with E-state index in [2.05, 4.69) is 5.32 Å². The van der Waals surface area contributed by atoms with Crippen LogP contribution >= 0.6 is 11.8 Å². The number of hydrogen-bond acceptors (Lipinski definition) is 7. The van der Waals surface area contributed by atoms with Gasteiger partial charge in [0.15, 0.2) is 0 Å². The van der Waals surface area contributed by atoms with Crippen molar-refractivity contribution in [3.63, 3.8) is 0 Å². The minimum Gasteiger partial charge on any atom is -0.497 e. The van der Waals surface area contributed by atoms with Crippen molar-refractivity contribution in [2.45, 2.75) is 68.0 Å². The molecule has 1 aliphatic rings. The molecule has 1 unspecified atom stereocenters. The third kappa shape index (κ3) is 8.26. The van der Waals surface area contributed by atoms with Gasteiger partial charge in [0.05, 0.1) is 24.3 Å². The highest BCUT2D eigenvalue weighted by atomic mass is 32.2. The zero-order valence-corrected chi connectivity index (χ0v) is 27.3. The van der Waals surface area contributed by atoms with Crippen molar-refractivity contribution in [1.82, 2.24) is 10.2 Å². The highest BCUT2D eigenvalue weighted by Crippen LogP contribution is 2.28. The number of amides is 2. The fourth-order valence-corrected chi connectivity index (χ4v) is 7.04. The van der Waals surface area contributed by atoms with E-state index < -0.39 is 28.5 Å². The van der Waals surface area contributed by atoms with Gasteiger partial charge < -0.3 is 19.7 Å². The van der Waals surface area contributed by atoms with Crippen molar-refractivity contribution in [3.05, 3.63) is 78.4 Å². The summed E-state index contributed by atoms with van der Waals surface area (Å²) >= 11 is 1.50. The van der Waals surface area contributed by atoms with Gasteiger partial charge in [-0.25, -0.2) is 8.42 Å². The Bertz CT molecular complexity index is 1510. The Labute approximate surface area is 265 Å². The molecule has 4 rings (SSSR count). The second kappa shape index (κ2) is 15.3. The van der Waals surface area contributed by atoms with Gasteiger partial charge in [0.2, 0.25) is 11.8 Å². The van der Waals surface area contributed by atoms with Crippen molar-refractivity contribution in [2.75, 3.05) is 30.8 Å². The molecule has 0 bridgehead atoms. The normalized spacial score (nSPS) is 14.1. The Hall–Kier alpha value is -3.70. The van der Waals surface area contributed by atoms with Crippen molar-refractivity contribution >= 4 is 39.3 Å². The quantitative estimate of drug-likeness (QED) is 0.233. The molecule has 0 radical (unpaired) electrons. The summed E-state index contributed by atoms with van der Waals surface area (Å²) in [6.07, 6.45) is 5.83. The van der Waals surface area contributed by atoms with Crippen LogP contribution in [-0.2, 0) is 26.2 Å². The predicted octanol–water partition coefficient (Wildman–Crippen LogP) is 5.49. The standard InChI is InChI=1S/C33H41N3O6S2/c1-5-42-28-15-13-27(14-16-28)36(44(39,40)31-19-17-30(43-4)18-20-31)23-32(37)35(22-25-9-8-12-29(21-25)41-3)24(2)33(38)34-26-10-6-7-11-26/h8-9,12-21,24,26H,5-7,10-11,22-23H2,1-4H3,(H,34,38). The number of rotatable bonds is 14. The Morgan fingerprint density at radius 1 is 1.00 bits per heavy atom. The van der Waals surface area contributed by atoms with E-state index >= 15 is 0 Å². The van der Waals surface area contributed by atoms with E-state index in [1.165, 1.54) is 16.7 Å². The van der Waals surface area contributed by atoms with Crippen LogP contribution in [0.2, 0.25) is 0 Å². The van der Waals surface area contributed by atoms with Crippen LogP contribution in [0, 0.1) is 0 Å². The summed E-state index contributed by atoms with van der Waals surface area (Å²) in [6.45, 7) is 3.59. The van der Waals surface area contributed by atoms with E-state index in [4.69, 9.17) is 9.47 Å². The number of anilines is 1. The summed E-state index contributed by atoms with van der Waals surface area (Å²) in [5.41, 5.74) is 1.06. The van der Waals surface area contributed by atoms with Crippen LogP contribution in [0.3, 0.4) is 0 Å². The summed E-state index contributed by atoms with van der Waals surface area (Å²) in [5.74, 6) is 0.419. The molecule has 3 aromatic carbocycles. The fraction of sp³-hybridized carbons (Fsp3) is 0.394. The lowest BCUT2D eigenvalue weighted by atomic mass is 10.1. The lowest BCUT2D eigenvalue weighted by Crippen LogP contribution is -2.52. The fourth-order valence-electron chi connectivity index (χ4n) is 5.22. The smallest absolute Gasteiger partial charge is 0.264 e. The average Bonchev–Trinajstić information content (AvgIpc) is 3.55. The first-order chi connectivity index (χ1) is 21.2. The van der Waals surface area contributed by atoms with E-state index in [0.717, 1.165) is 40.4 Å². The van der Waals surface area contributed by atoms with Crippen molar-refractivity contribution in [3.8, 4) is 11.5 Å². The molecule has 0 heterocycles. The molecule has 1 fully saturated rings. The van der Waals surface area contributed by atoms with Crippen LogP contribution in [0.4, 0.5) is 5.69 Å². The summed E-state index contributed by atoms with van der Waals surface area (Å²) in [7, 11) is -2.61. The van der Waals surface area contributed by atoms with E-state index in [1.807, 2.05) is 25.3 Å². The van der Waals surface area contributed by atoms with Crippen LogP contribution < -0.4 is 19.1 Å². The number of ether oxygens (including phenoxy) is 2. The first-order valence-corrected chi connectivity index (χ1v) is 17.4. The minimum absolute atomic E-state index is 0.0587. The molecule has 236 valence electrons. The first kappa shape index (κ1) is 33.2. The van der Waals surface area contributed by atoms with Gasteiger partial charge in [-0.05, 0) is 99.2 Å². The summed E-state index contributed by atoms with van der Waals surface area (Å²) in [4.78, 5) is 30.0. The topological polar surface area (TPSA) is 105 Å². The summed E-state index contributed by atoms with van der Waals surface area (Å²) in [5, 5.41) is 3.09. The lowest BCUT2D eigenvalue weighted by molar-refractivity contribution is -0.139. The Morgan fingerprint density at radius 3 is 2.30 bits per heavy atom. The molecule has 1 atom stereocenters. The van der Waals surface area contributed by atoms with E-state index in [-0.39, 0.29) is 23.4 Å². The molecule has 1 aliphatic carbocycles. The Morgan fingerprint density at radius 2 is 1.68 bits per heavy atom. The van der Waals surface area contributed by atoms with Crippen molar-refractivity contribution in [1.29, 1.82) is 0 Å². The van der Waals surface area contributed by atoms with Gasteiger partial charge in [0.1, 0.15) is 24.1 Å². The molecule has 0 spiro atoms. The molecule has 0 saturated heterocycles.